The minimum absolute atomic E-state index is 0.596. The van der Waals surface area contributed by atoms with Gasteiger partial charge in [0, 0.05) is 30.3 Å². The van der Waals surface area contributed by atoms with E-state index in [9.17, 15) is 0 Å². The molecule has 0 aliphatic heterocycles. The molecule has 116 valence electrons. The summed E-state index contributed by atoms with van der Waals surface area (Å²) in [5, 5.41) is 5.03. The number of hydrogen-bond acceptors (Lipinski definition) is 4. The fraction of sp³-hybridized carbons (Fsp3) is 0.222. The second-order valence-corrected chi connectivity index (χ2v) is 5.56. The zero-order chi connectivity index (χ0) is 15.8. The summed E-state index contributed by atoms with van der Waals surface area (Å²) in [5.74, 6) is 2.65. The van der Waals surface area contributed by atoms with Gasteiger partial charge in [0.1, 0.15) is 17.2 Å². The van der Waals surface area contributed by atoms with E-state index in [0.717, 1.165) is 46.0 Å². The number of hydrogen-bond donors (Lipinski definition) is 0. The maximum Gasteiger partial charge on any atom is 0.156 e. The Bertz CT molecular complexity index is 962. The normalized spacial score (nSPS) is 11.4. The average molecular weight is 307 g/mol. The van der Waals surface area contributed by atoms with Gasteiger partial charge >= 0.3 is 0 Å². The number of rotatable bonds is 4. The third-order valence-electron chi connectivity index (χ3n) is 3.93. The summed E-state index contributed by atoms with van der Waals surface area (Å²) < 4.78 is 13.4. The zero-order valence-electron chi connectivity index (χ0n) is 13.1. The van der Waals surface area contributed by atoms with Gasteiger partial charge in [-0.05, 0) is 13.0 Å². The van der Waals surface area contributed by atoms with Crippen LogP contribution in [0.4, 0.5) is 0 Å². The standard InChI is InChI=1S/C18H17N3O2/c1-3-15-17(14-6-4-5-7-16(14)22-15)18-19-8-9-21(18)11-13-10-12(2)20-23-13/h4-10H,3,11H2,1-2H3. The molecule has 0 unspecified atom stereocenters. The zero-order valence-corrected chi connectivity index (χ0v) is 13.1. The van der Waals surface area contributed by atoms with Gasteiger partial charge in [0.25, 0.3) is 0 Å². The molecule has 4 rings (SSSR count). The lowest BCUT2D eigenvalue weighted by Crippen LogP contribution is -2.01. The van der Waals surface area contributed by atoms with Gasteiger partial charge in [-0.2, -0.15) is 0 Å². The molecule has 0 aliphatic carbocycles. The summed E-state index contributed by atoms with van der Waals surface area (Å²) >= 11 is 0. The van der Waals surface area contributed by atoms with E-state index in [1.54, 1.807) is 6.20 Å². The third kappa shape index (κ3) is 2.34. The first-order valence-electron chi connectivity index (χ1n) is 7.70. The van der Waals surface area contributed by atoms with Gasteiger partial charge < -0.3 is 13.5 Å². The first-order chi connectivity index (χ1) is 11.3. The van der Waals surface area contributed by atoms with Crippen LogP contribution >= 0.6 is 0 Å². The fourth-order valence-electron chi connectivity index (χ4n) is 2.91. The molecule has 3 heterocycles. The van der Waals surface area contributed by atoms with Gasteiger partial charge in [-0.1, -0.05) is 30.3 Å². The van der Waals surface area contributed by atoms with E-state index in [2.05, 4.69) is 27.7 Å². The van der Waals surface area contributed by atoms with Crippen LogP contribution in [0.15, 0.2) is 51.7 Å². The highest BCUT2D eigenvalue weighted by Crippen LogP contribution is 2.34. The quantitative estimate of drug-likeness (QED) is 0.567. The summed E-state index contributed by atoms with van der Waals surface area (Å²) in [7, 11) is 0. The molecule has 0 N–H and O–H groups in total. The van der Waals surface area contributed by atoms with E-state index in [1.165, 1.54) is 0 Å². The minimum atomic E-state index is 0.596. The highest BCUT2D eigenvalue weighted by atomic mass is 16.5. The lowest BCUT2D eigenvalue weighted by molar-refractivity contribution is 0.373. The van der Waals surface area contributed by atoms with E-state index < -0.39 is 0 Å². The van der Waals surface area contributed by atoms with Crippen LogP contribution < -0.4 is 0 Å². The highest BCUT2D eigenvalue weighted by molar-refractivity contribution is 5.94. The Morgan fingerprint density at radius 3 is 2.87 bits per heavy atom. The molecule has 0 amide bonds. The molecule has 5 nitrogen and oxygen atoms in total. The molecule has 5 heteroatoms. The van der Waals surface area contributed by atoms with Crippen LogP contribution in [0.25, 0.3) is 22.4 Å². The van der Waals surface area contributed by atoms with Crippen LogP contribution in [0.5, 0.6) is 0 Å². The van der Waals surface area contributed by atoms with Crippen LogP contribution in [0.2, 0.25) is 0 Å². The monoisotopic (exact) mass is 307 g/mol. The Hall–Kier alpha value is -2.82. The fourth-order valence-corrected chi connectivity index (χ4v) is 2.91. The maximum absolute atomic E-state index is 5.99. The molecule has 0 aliphatic rings. The van der Waals surface area contributed by atoms with Crippen molar-refractivity contribution in [3.63, 3.8) is 0 Å². The first kappa shape index (κ1) is 13.8. The molecule has 0 fully saturated rings. The Morgan fingerprint density at radius 2 is 2.09 bits per heavy atom. The van der Waals surface area contributed by atoms with Gasteiger partial charge in [-0.15, -0.1) is 0 Å². The molecular formula is C18H17N3O2. The summed E-state index contributed by atoms with van der Waals surface area (Å²) in [6, 6.07) is 10.0. The maximum atomic E-state index is 5.99. The number of benzene rings is 1. The molecule has 0 atom stereocenters. The van der Waals surface area contributed by atoms with E-state index >= 15 is 0 Å². The number of furan rings is 1. The van der Waals surface area contributed by atoms with E-state index in [-0.39, 0.29) is 0 Å². The summed E-state index contributed by atoms with van der Waals surface area (Å²) in [4.78, 5) is 4.56. The van der Waals surface area contributed by atoms with Crippen molar-refractivity contribution in [1.82, 2.24) is 14.7 Å². The van der Waals surface area contributed by atoms with Crippen molar-refractivity contribution in [2.24, 2.45) is 0 Å². The van der Waals surface area contributed by atoms with Crippen molar-refractivity contribution in [3.05, 3.63) is 59.9 Å². The predicted octanol–water partition coefficient (Wildman–Crippen LogP) is 4.20. The second kappa shape index (κ2) is 5.43. The van der Waals surface area contributed by atoms with Gasteiger partial charge in [0.05, 0.1) is 17.8 Å². The molecular weight excluding hydrogens is 290 g/mol. The lowest BCUT2D eigenvalue weighted by atomic mass is 10.1. The molecule has 23 heavy (non-hydrogen) atoms. The van der Waals surface area contributed by atoms with Crippen molar-refractivity contribution in [3.8, 4) is 11.4 Å². The first-order valence-corrected chi connectivity index (χ1v) is 7.70. The van der Waals surface area contributed by atoms with Gasteiger partial charge in [-0.3, -0.25) is 0 Å². The highest BCUT2D eigenvalue weighted by Gasteiger charge is 2.19. The molecule has 3 aromatic heterocycles. The average Bonchev–Trinajstić information content (AvgIpc) is 3.25. The molecule has 1 aromatic carbocycles. The van der Waals surface area contributed by atoms with Crippen LogP contribution in [-0.4, -0.2) is 14.7 Å². The van der Waals surface area contributed by atoms with Gasteiger partial charge in [-0.25, -0.2) is 4.98 Å². The number of aromatic nitrogens is 3. The van der Waals surface area contributed by atoms with Gasteiger partial charge in [0.15, 0.2) is 5.76 Å². The topological polar surface area (TPSA) is 57.0 Å². The lowest BCUT2D eigenvalue weighted by Gasteiger charge is -2.06. The third-order valence-corrected chi connectivity index (χ3v) is 3.93. The van der Waals surface area contributed by atoms with Gasteiger partial charge in [0.2, 0.25) is 0 Å². The molecule has 0 saturated carbocycles. The van der Waals surface area contributed by atoms with E-state index in [4.69, 9.17) is 8.94 Å². The predicted molar refractivity (Wildman–Crippen MR) is 87.2 cm³/mol. The second-order valence-electron chi connectivity index (χ2n) is 5.56. The van der Waals surface area contributed by atoms with Crippen LogP contribution in [0, 0.1) is 6.92 Å². The van der Waals surface area contributed by atoms with Crippen molar-refractivity contribution in [2.45, 2.75) is 26.8 Å². The number of fused-ring (bicyclic) bond motifs is 1. The minimum Gasteiger partial charge on any atom is -0.460 e. The molecule has 0 bridgehead atoms. The summed E-state index contributed by atoms with van der Waals surface area (Å²) in [6.07, 6.45) is 4.58. The number of para-hydroxylation sites is 1. The SMILES string of the molecule is CCc1oc2ccccc2c1-c1nccn1Cc1cc(C)no1. The Kier molecular flexibility index (Phi) is 3.26. The van der Waals surface area contributed by atoms with Crippen LogP contribution in [0.1, 0.15) is 24.1 Å². The number of aryl methyl sites for hydroxylation is 2. The number of imidazole rings is 1. The summed E-state index contributed by atoms with van der Waals surface area (Å²) in [6.45, 7) is 4.60. The Labute approximate surface area is 133 Å². The van der Waals surface area contributed by atoms with E-state index in [0.29, 0.717) is 6.54 Å². The van der Waals surface area contributed by atoms with Crippen molar-refractivity contribution in [2.75, 3.05) is 0 Å². The van der Waals surface area contributed by atoms with E-state index in [1.807, 2.05) is 37.4 Å². The largest absolute Gasteiger partial charge is 0.460 e. The Morgan fingerprint density at radius 1 is 1.22 bits per heavy atom. The van der Waals surface area contributed by atoms with Crippen molar-refractivity contribution in [1.29, 1.82) is 0 Å². The van der Waals surface area contributed by atoms with Crippen molar-refractivity contribution < 1.29 is 8.94 Å². The molecule has 4 aromatic rings. The Balaban J connectivity index is 1.84. The molecule has 0 spiro atoms. The smallest absolute Gasteiger partial charge is 0.156 e. The molecule has 0 saturated heterocycles. The summed E-state index contributed by atoms with van der Waals surface area (Å²) in [5.41, 5.74) is 2.83. The van der Waals surface area contributed by atoms with Crippen LogP contribution in [0.3, 0.4) is 0 Å². The molecule has 0 radical (unpaired) electrons. The van der Waals surface area contributed by atoms with Crippen molar-refractivity contribution >= 4 is 11.0 Å². The van der Waals surface area contributed by atoms with Crippen LogP contribution in [-0.2, 0) is 13.0 Å². The number of nitrogens with zero attached hydrogens (tertiary/aromatic N) is 3.